The highest BCUT2D eigenvalue weighted by Gasteiger charge is 2.25. The average molecular weight is 276 g/mol. The SMILES string of the molecule is CNC(C)(C#N)COc1ccc(OC)cc1C(C)(C)C. The summed E-state index contributed by atoms with van der Waals surface area (Å²) in [6.45, 7) is 8.46. The Bertz CT molecular complexity index is 500. The number of methoxy groups -OCH3 is 1. The van der Waals surface area contributed by atoms with Gasteiger partial charge in [0.15, 0.2) is 0 Å². The first-order chi connectivity index (χ1) is 9.25. The van der Waals surface area contributed by atoms with Crippen molar-refractivity contribution in [3.63, 3.8) is 0 Å². The zero-order valence-electron chi connectivity index (χ0n) is 13.2. The van der Waals surface area contributed by atoms with E-state index in [-0.39, 0.29) is 12.0 Å². The second-order valence-corrected chi connectivity index (χ2v) is 6.09. The van der Waals surface area contributed by atoms with E-state index < -0.39 is 5.54 Å². The minimum Gasteiger partial charge on any atom is -0.497 e. The summed E-state index contributed by atoms with van der Waals surface area (Å²) >= 11 is 0. The van der Waals surface area contributed by atoms with Gasteiger partial charge in [-0.2, -0.15) is 5.26 Å². The van der Waals surface area contributed by atoms with Gasteiger partial charge >= 0.3 is 0 Å². The first kappa shape index (κ1) is 16.3. The van der Waals surface area contributed by atoms with Crippen LogP contribution in [0.3, 0.4) is 0 Å². The molecule has 0 bridgehead atoms. The molecule has 0 aliphatic heterocycles. The Labute approximate surface area is 121 Å². The van der Waals surface area contributed by atoms with Crippen LogP contribution in [0.4, 0.5) is 0 Å². The Hall–Kier alpha value is -1.73. The van der Waals surface area contributed by atoms with E-state index in [1.165, 1.54) is 0 Å². The summed E-state index contributed by atoms with van der Waals surface area (Å²) in [5.41, 5.74) is 0.301. The molecular weight excluding hydrogens is 252 g/mol. The minimum absolute atomic E-state index is 0.0629. The molecule has 110 valence electrons. The molecule has 0 aromatic heterocycles. The number of hydrogen-bond acceptors (Lipinski definition) is 4. The van der Waals surface area contributed by atoms with Crippen molar-refractivity contribution in [3.05, 3.63) is 23.8 Å². The number of ether oxygens (including phenoxy) is 2. The Kier molecular flexibility index (Phi) is 5.02. The molecule has 1 N–H and O–H groups in total. The van der Waals surface area contributed by atoms with Gasteiger partial charge in [-0.05, 0) is 37.6 Å². The van der Waals surface area contributed by atoms with E-state index in [0.717, 1.165) is 17.1 Å². The van der Waals surface area contributed by atoms with E-state index >= 15 is 0 Å². The molecule has 0 aliphatic rings. The predicted molar refractivity (Wildman–Crippen MR) is 80.3 cm³/mol. The van der Waals surface area contributed by atoms with Gasteiger partial charge in [0.1, 0.15) is 23.6 Å². The van der Waals surface area contributed by atoms with Crippen molar-refractivity contribution in [3.8, 4) is 17.6 Å². The molecule has 4 nitrogen and oxygen atoms in total. The van der Waals surface area contributed by atoms with Crippen LogP contribution in [0.2, 0.25) is 0 Å². The molecule has 0 spiro atoms. The Balaban J connectivity index is 3.04. The Morgan fingerprint density at radius 3 is 2.35 bits per heavy atom. The molecule has 0 saturated carbocycles. The molecule has 1 rings (SSSR count). The summed E-state index contributed by atoms with van der Waals surface area (Å²) in [5, 5.41) is 12.1. The largest absolute Gasteiger partial charge is 0.497 e. The van der Waals surface area contributed by atoms with Crippen molar-refractivity contribution in [2.75, 3.05) is 20.8 Å². The molecule has 0 heterocycles. The highest BCUT2D eigenvalue weighted by Crippen LogP contribution is 2.34. The van der Waals surface area contributed by atoms with Crippen molar-refractivity contribution >= 4 is 0 Å². The van der Waals surface area contributed by atoms with Crippen LogP contribution in [0.15, 0.2) is 18.2 Å². The molecule has 0 aliphatic carbocycles. The van der Waals surface area contributed by atoms with Crippen LogP contribution in [0.25, 0.3) is 0 Å². The number of nitriles is 1. The van der Waals surface area contributed by atoms with E-state index in [9.17, 15) is 0 Å². The monoisotopic (exact) mass is 276 g/mol. The normalized spacial score (nSPS) is 14.2. The number of nitrogens with zero attached hydrogens (tertiary/aromatic N) is 1. The first-order valence-electron chi connectivity index (χ1n) is 6.67. The highest BCUT2D eigenvalue weighted by molar-refractivity contribution is 5.44. The number of nitrogens with one attached hydrogen (secondary N) is 1. The lowest BCUT2D eigenvalue weighted by atomic mass is 9.86. The highest BCUT2D eigenvalue weighted by atomic mass is 16.5. The molecule has 1 aromatic rings. The van der Waals surface area contributed by atoms with E-state index in [1.54, 1.807) is 14.2 Å². The van der Waals surface area contributed by atoms with Crippen molar-refractivity contribution in [1.29, 1.82) is 5.26 Å². The van der Waals surface area contributed by atoms with Crippen molar-refractivity contribution < 1.29 is 9.47 Å². The number of benzene rings is 1. The molecule has 4 heteroatoms. The smallest absolute Gasteiger partial charge is 0.137 e. The van der Waals surface area contributed by atoms with Gasteiger partial charge in [-0.1, -0.05) is 20.8 Å². The van der Waals surface area contributed by atoms with Gasteiger partial charge in [-0.15, -0.1) is 0 Å². The number of rotatable bonds is 5. The molecule has 1 atom stereocenters. The standard InChI is InChI=1S/C16H24N2O2/c1-15(2,3)13-9-12(19-6)7-8-14(13)20-11-16(4,10-17)18-5/h7-9,18H,11H2,1-6H3. The van der Waals surface area contributed by atoms with Gasteiger partial charge in [0.25, 0.3) is 0 Å². The van der Waals surface area contributed by atoms with Crippen molar-refractivity contribution in [1.82, 2.24) is 5.32 Å². The maximum atomic E-state index is 9.16. The van der Waals surface area contributed by atoms with Gasteiger partial charge < -0.3 is 9.47 Å². The lowest BCUT2D eigenvalue weighted by Crippen LogP contribution is -2.44. The quantitative estimate of drug-likeness (QED) is 0.898. The molecular formula is C16H24N2O2. The van der Waals surface area contributed by atoms with Gasteiger partial charge in [0, 0.05) is 5.56 Å². The van der Waals surface area contributed by atoms with Crippen LogP contribution in [0.5, 0.6) is 11.5 Å². The number of hydrogen-bond donors (Lipinski definition) is 1. The first-order valence-corrected chi connectivity index (χ1v) is 6.67. The van der Waals surface area contributed by atoms with Crippen LogP contribution in [0, 0.1) is 11.3 Å². The fraction of sp³-hybridized carbons (Fsp3) is 0.562. The molecule has 0 radical (unpaired) electrons. The summed E-state index contributed by atoms with van der Waals surface area (Å²) < 4.78 is 11.1. The maximum absolute atomic E-state index is 9.16. The third-order valence-corrected chi connectivity index (χ3v) is 3.31. The maximum Gasteiger partial charge on any atom is 0.137 e. The van der Waals surface area contributed by atoms with Crippen molar-refractivity contribution in [2.45, 2.75) is 38.6 Å². The molecule has 0 saturated heterocycles. The predicted octanol–water partition coefficient (Wildman–Crippen LogP) is 2.87. The second-order valence-electron chi connectivity index (χ2n) is 6.09. The summed E-state index contributed by atoms with van der Waals surface area (Å²) in [6.07, 6.45) is 0. The van der Waals surface area contributed by atoms with E-state index in [4.69, 9.17) is 14.7 Å². The minimum atomic E-state index is -0.699. The zero-order chi connectivity index (χ0) is 15.4. The fourth-order valence-corrected chi connectivity index (χ4v) is 1.73. The lowest BCUT2D eigenvalue weighted by molar-refractivity contribution is 0.237. The molecule has 0 fully saturated rings. The van der Waals surface area contributed by atoms with Crippen LogP contribution < -0.4 is 14.8 Å². The summed E-state index contributed by atoms with van der Waals surface area (Å²) in [5.74, 6) is 1.59. The van der Waals surface area contributed by atoms with E-state index in [2.05, 4.69) is 32.2 Å². The Morgan fingerprint density at radius 1 is 1.25 bits per heavy atom. The van der Waals surface area contributed by atoms with Gasteiger partial charge in [-0.25, -0.2) is 0 Å². The van der Waals surface area contributed by atoms with E-state index in [1.807, 2.05) is 25.1 Å². The topological polar surface area (TPSA) is 54.3 Å². The molecule has 1 unspecified atom stereocenters. The summed E-state index contributed by atoms with van der Waals surface area (Å²) in [7, 11) is 3.40. The second kappa shape index (κ2) is 6.15. The number of likely N-dealkylation sites (N-methyl/N-ethyl adjacent to an activating group) is 1. The van der Waals surface area contributed by atoms with Crippen LogP contribution in [0.1, 0.15) is 33.3 Å². The van der Waals surface area contributed by atoms with Gasteiger partial charge in [0.05, 0.1) is 13.2 Å². The molecule has 20 heavy (non-hydrogen) atoms. The molecule has 0 amide bonds. The van der Waals surface area contributed by atoms with Crippen LogP contribution in [-0.2, 0) is 5.41 Å². The van der Waals surface area contributed by atoms with Crippen molar-refractivity contribution in [2.24, 2.45) is 0 Å². The zero-order valence-corrected chi connectivity index (χ0v) is 13.2. The van der Waals surface area contributed by atoms with Gasteiger partial charge in [0.2, 0.25) is 0 Å². The summed E-state index contributed by atoms with van der Waals surface area (Å²) in [4.78, 5) is 0. The van der Waals surface area contributed by atoms with Crippen LogP contribution in [-0.4, -0.2) is 26.3 Å². The fourth-order valence-electron chi connectivity index (χ4n) is 1.73. The third kappa shape index (κ3) is 3.88. The summed E-state index contributed by atoms with van der Waals surface area (Å²) in [6, 6.07) is 7.97. The molecule has 1 aromatic carbocycles. The van der Waals surface area contributed by atoms with Crippen LogP contribution >= 0.6 is 0 Å². The average Bonchev–Trinajstić information content (AvgIpc) is 2.43. The lowest BCUT2D eigenvalue weighted by Gasteiger charge is -2.26. The van der Waals surface area contributed by atoms with E-state index in [0.29, 0.717) is 0 Å². The third-order valence-electron chi connectivity index (χ3n) is 3.31. The van der Waals surface area contributed by atoms with Gasteiger partial charge in [-0.3, -0.25) is 5.32 Å². The Morgan fingerprint density at radius 2 is 1.90 bits per heavy atom.